The van der Waals surface area contributed by atoms with E-state index in [2.05, 4.69) is 16.3 Å². The zero-order valence-electron chi connectivity index (χ0n) is 9.31. The summed E-state index contributed by atoms with van der Waals surface area (Å²) in [5, 5.41) is 2.88. The lowest BCUT2D eigenvalue weighted by Gasteiger charge is -2.31. The van der Waals surface area contributed by atoms with Gasteiger partial charge in [-0.1, -0.05) is 23.7 Å². The van der Waals surface area contributed by atoms with E-state index in [9.17, 15) is 4.79 Å². The van der Waals surface area contributed by atoms with Crippen molar-refractivity contribution >= 4 is 34.8 Å². The first-order valence-electron chi connectivity index (χ1n) is 5.56. The number of nitrogens with one attached hydrogen (secondary N) is 3. The SMILES string of the molecule is O=C1NNC(=S)N2NC(c3ccc(Cl)cc3)CC12. The van der Waals surface area contributed by atoms with Crippen LogP contribution >= 0.6 is 23.8 Å². The van der Waals surface area contributed by atoms with Crippen molar-refractivity contribution in [2.75, 3.05) is 0 Å². The maximum Gasteiger partial charge on any atom is 0.262 e. The van der Waals surface area contributed by atoms with Crippen LogP contribution in [0.15, 0.2) is 24.3 Å². The van der Waals surface area contributed by atoms with E-state index in [1.54, 1.807) is 5.01 Å². The lowest BCUT2D eigenvalue weighted by Crippen LogP contribution is -2.63. The van der Waals surface area contributed by atoms with Crippen LogP contribution in [0.2, 0.25) is 5.02 Å². The smallest absolute Gasteiger partial charge is 0.262 e. The van der Waals surface area contributed by atoms with E-state index in [1.165, 1.54) is 0 Å². The Bertz CT molecular complexity index is 482. The van der Waals surface area contributed by atoms with Crippen LogP contribution in [-0.4, -0.2) is 22.1 Å². The molecule has 94 valence electrons. The van der Waals surface area contributed by atoms with Crippen LogP contribution in [0.4, 0.5) is 0 Å². The summed E-state index contributed by atoms with van der Waals surface area (Å²) in [6.45, 7) is 0. The minimum atomic E-state index is -0.264. The number of carbonyl (C=O) groups is 1. The van der Waals surface area contributed by atoms with E-state index < -0.39 is 0 Å². The number of benzene rings is 1. The number of rotatable bonds is 1. The number of fused-ring (bicyclic) bond motifs is 1. The van der Waals surface area contributed by atoms with Crippen molar-refractivity contribution in [3.05, 3.63) is 34.9 Å². The van der Waals surface area contributed by atoms with Gasteiger partial charge in [0.05, 0.1) is 6.04 Å². The highest BCUT2D eigenvalue weighted by Crippen LogP contribution is 2.29. The summed E-state index contributed by atoms with van der Waals surface area (Å²) in [7, 11) is 0. The van der Waals surface area contributed by atoms with E-state index in [0.717, 1.165) is 5.56 Å². The van der Waals surface area contributed by atoms with Crippen LogP contribution in [0, 0.1) is 0 Å². The fourth-order valence-corrected chi connectivity index (χ4v) is 2.58. The lowest BCUT2D eigenvalue weighted by atomic mass is 10.0. The van der Waals surface area contributed by atoms with E-state index in [1.807, 2.05) is 24.3 Å². The predicted molar refractivity (Wildman–Crippen MR) is 71.4 cm³/mol. The molecule has 2 aliphatic rings. The molecule has 18 heavy (non-hydrogen) atoms. The number of carbonyl (C=O) groups excluding carboxylic acids is 1. The Labute approximate surface area is 114 Å². The zero-order chi connectivity index (χ0) is 12.7. The topological polar surface area (TPSA) is 56.4 Å². The van der Waals surface area contributed by atoms with Crippen LogP contribution in [0.3, 0.4) is 0 Å². The van der Waals surface area contributed by atoms with Gasteiger partial charge in [0.15, 0.2) is 0 Å². The Morgan fingerprint density at radius 3 is 2.67 bits per heavy atom. The number of thiocarbonyl (C=S) groups is 1. The maximum atomic E-state index is 11.7. The molecule has 0 bridgehead atoms. The predicted octanol–water partition coefficient (Wildman–Crippen LogP) is 0.879. The fourth-order valence-electron chi connectivity index (χ4n) is 2.23. The number of amides is 1. The van der Waals surface area contributed by atoms with Crippen LogP contribution in [-0.2, 0) is 4.79 Å². The molecule has 2 aliphatic heterocycles. The molecule has 7 heteroatoms. The highest BCUT2D eigenvalue weighted by molar-refractivity contribution is 7.80. The molecule has 2 unspecified atom stereocenters. The maximum absolute atomic E-state index is 11.7. The Balaban J connectivity index is 1.83. The van der Waals surface area contributed by atoms with Gasteiger partial charge in [-0.2, -0.15) is 0 Å². The summed E-state index contributed by atoms with van der Waals surface area (Å²) in [5.41, 5.74) is 9.53. The van der Waals surface area contributed by atoms with Crippen molar-refractivity contribution in [1.29, 1.82) is 0 Å². The molecule has 0 saturated carbocycles. The van der Waals surface area contributed by atoms with Gasteiger partial charge in [-0.15, -0.1) is 0 Å². The molecule has 2 heterocycles. The second-order valence-electron chi connectivity index (χ2n) is 4.27. The monoisotopic (exact) mass is 282 g/mol. The Hall–Kier alpha value is -1.37. The third-order valence-electron chi connectivity index (χ3n) is 3.15. The highest BCUT2D eigenvalue weighted by Gasteiger charge is 2.41. The summed E-state index contributed by atoms with van der Waals surface area (Å²) < 4.78 is 0. The molecule has 0 radical (unpaired) electrons. The van der Waals surface area contributed by atoms with Gasteiger partial charge in [0.2, 0.25) is 5.11 Å². The molecule has 1 amide bonds. The van der Waals surface area contributed by atoms with Gasteiger partial charge in [-0.25, -0.2) is 5.43 Å². The average molecular weight is 283 g/mol. The van der Waals surface area contributed by atoms with Crippen molar-refractivity contribution in [2.24, 2.45) is 0 Å². The molecule has 5 nitrogen and oxygen atoms in total. The minimum absolute atomic E-state index is 0.0656. The number of halogens is 1. The van der Waals surface area contributed by atoms with E-state index >= 15 is 0 Å². The van der Waals surface area contributed by atoms with Crippen LogP contribution in [0.25, 0.3) is 0 Å². The third kappa shape index (κ3) is 1.92. The summed E-state index contributed by atoms with van der Waals surface area (Å²) in [4.78, 5) is 11.7. The molecule has 3 rings (SSSR count). The van der Waals surface area contributed by atoms with E-state index in [0.29, 0.717) is 16.6 Å². The third-order valence-corrected chi connectivity index (χ3v) is 3.70. The van der Waals surface area contributed by atoms with Crippen LogP contribution < -0.4 is 16.3 Å². The van der Waals surface area contributed by atoms with Gasteiger partial charge in [0.1, 0.15) is 6.04 Å². The van der Waals surface area contributed by atoms with Gasteiger partial charge in [-0.05, 0) is 36.3 Å². The number of hydrogen-bond donors (Lipinski definition) is 3. The first-order chi connectivity index (χ1) is 8.65. The molecule has 2 fully saturated rings. The molecule has 0 aliphatic carbocycles. The number of hydrogen-bond acceptors (Lipinski definition) is 3. The Kier molecular flexibility index (Phi) is 2.85. The number of nitrogens with zero attached hydrogens (tertiary/aromatic N) is 1. The van der Waals surface area contributed by atoms with Gasteiger partial charge in [0, 0.05) is 5.02 Å². The minimum Gasteiger partial charge on any atom is -0.273 e. The molecule has 1 aromatic carbocycles. The molecule has 0 spiro atoms. The molecule has 3 N–H and O–H groups in total. The molecule has 2 saturated heterocycles. The van der Waals surface area contributed by atoms with Crippen molar-refractivity contribution in [1.82, 2.24) is 21.3 Å². The van der Waals surface area contributed by atoms with Gasteiger partial charge < -0.3 is 0 Å². The van der Waals surface area contributed by atoms with Gasteiger partial charge in [0.25, 0.3) is 5.91 Å². The summed E-state index contributed by atoms with van der Waals surface area (Å²) >= 11 is 11.0. The Morgan fingerprint density at radius 2 is 2.00 bits per heavy atom. The van der Waals surface area contributed by atoms with Crippen molar-refractivity contribution in [3.63, 3.8) is 0 Å². The lowest BCUT2D eigenvalue weighted by molar-refractivity contribution is -0.126. The van der Waals surface area contributed by atoms with Crippen molar-refractivity contribution in [3.8, 4) is 0 Å². The number of hydrazine groups is 2. The highest BCUT2D eigenvalue weighted by atomic mass is 35.5. The summed E-state index contributed by atoms with van der Waals surface area (Å²) in [6.07, 6.45) is 0.676. The molecule has 1 aromatic rings. The molecule has 0 aromatic heterocycles. The van der Waals surface area contributed by atoms with E-state index in [4.69, 9.17) is 23.8 Å². The van der Waals surface area contributed by atoms with Gasteiger partial charge in [-0.3, -0.25) is 20.7 Å². The quantitative estimate of drug-likeness (QED) is 0.668. The average Bonchev–Trinajstić information content (AvgIpc) is 2.81. The molecular formula is C11H11ClN4OS. The standard InChI is InChI=1S/C11H11ClN4OS/c12-7-3-1-6(2-4-7)8-5-9-10(17)13-14-11(18)16(9)15-8/h1-4,8-9,15H,5H2,(H,13,17)(H,14,18). The molecular weight excluding hydrogens is 272 g/mol. The van der Waals surface area contributed by atoms with Crippen LogP contribution in [0.1, 0.15) is 18.0 Å². The first-order valence-corrected chi connectivity index (χ1v) is 6.34. The van der Waals surface area contributed by atoms with Crippen molar-refractivity contribution < 1.29 is 4.79 Å². The normalized spacial score (nSPS) is 26.6. The fraction of sp³-hybridized carbons (Fsp3) is 0.273. The largest absolute Gasteiger partial charge is 0.273 e. The molecule has 2 atom stereocenters. The first kappa shape index (κ1) is 11.7. The summed E-state index contributed by atoms with van der Waals surface area (Å²) in [6, 6.07) is 7.38. The second kappa shape index (κ2) is 4.38. The summed E-state index contributed by atoms with van der Waals surface area (Å²) in [5.74, 6) is -0.0763. The Morgan fingerprint density at radius 1 is 1.28 bits per heavy atom. The van der Waals surface area contributed by atoms with Gasteiger partial charge >= 0.3 is 0 Å². The van der Waals surface area contributed by atoms with Crippen molar-refractivity contribution in [2.45, 2.75) is 18.5 Å². The zero-order valence-corrected chi connectivity index (χ0v) is 10.9. The second-order valence-corrected chi connectivity index (χ2v) is 5.10. The van der Waals surface area contributed by atoms with Crippen LogP contribution in [0.5, 0.6) is 0 Å². The van der Waals surface area contributed by atoms with E-state index in [-0.39, 0.29) is 18.0 Å².